The molecule has 1 aromatic rings. The molecule has 5 fully saturated rings. The number of fused-ring (bicyclic) bond motifs is 7. The maximum atomic E-state index is 13.3. The van der Waals surface area contributed by atoms with Gasteiger partial charge in [0.05, 0.1) is 5.41 Å². The smallest absolute Gasteiger partial charge is 0.331 e. The van der Waals surface area contributed by atoms with Gasteiger partial charge in [-0.3, -0.25) is 14.4 Å². The lowest BCUT2D eigenvalue weighted by Crippen LogP contribution is -2.67. The number of benzene rings is 1. The Labute approximate surface area is 303 Å². The molecule has 0 unspecified atom stereocenters. The summed E-state index contributed by atoms with van der Waals surface area (Å²) in [5.74, 6) is -0.139. The van der Waals surface area contributed by atoms with Gasteiger partial charge in [-0.05, 0) is 141 Å². The number of esters is 3. The zero-order valence-electron chi connectivity index (χ0n) is 31.9. The molecular formula is C43H58O8. The van der Waals surface area contributed by atoms with E-state index in [4.69, 9.17) is 14.2 Å². The van der Waals surface area contributed by atoms with Gasteiger partial charge in [0.25, 0.3) is 0 Å². The Morgan fingerprint density at radius 2 is 1.47 bits per heavy atom. The molecule has 5 aliphatic rings. The van der Waals surface area contributed by atoms with Gasteiger partial charge in [0, 0.05) is 25.3 Å². The fourth-order valence-corrected chi connectivity index (χ4v) is 13.1. The minimum absolute atomic E-state index is 0.0650. The Morgan fingerprint density at radius 3 is 2.12 bits per heavy atom. The van der Waals surface area contributed by atoms with Crippen LogP contribution in [-0.2, 0) is 23.9 Å². The van der Waals surface area contributed by atoms with E-state index in [9.17, 15) is 24.3 Å². The van der Waals surface area contributed by atoms with Crippen molar-refractivity contribution < 1.29 is 38.5 Å². The van der Waals surface area contributed by atoms with Gasteiger partial charge in [0.15, 0.2) is 11.5 Å². The second-order valence-corrected chi connectivity index (χ2v) is 18.2. The van der Waals surface area contributed by atoms with Crippen LogP contribution in [-0.4, -0.2) is 35.1 Å². The minimum Gasteiger partial charge on any atom is -0.481 e. The van der Waals surface area contributed by atoms with Crippen molar-refractivity contribution in [3.8, 4) is 11.5 Å². The molecule has 8 heteroatoms. The summed E-state index contributed by atoms with van der Waals surface area (Å²) in [6, 6.07) is 4.76. The Balaban J connectivity index is 1.19. The first-order chi connectivity index (χ1) is 23.8. The van der Waals surface area contributed by atoms with Gasteiger partial charge in [-0.2, -0.15) is 0 Å². The van der Waals surface area contributed by atoms with Crippen LogP contribution in [0, 0.1) is 56.7 Å². The fourth-order valence-electron chi connectivity index (χ4n) is 13.1. The van der Waals surface area contributed by atoms with Crippen molar-refractivity contribution in [1.82, 2.24) is 0 Å². The highest BCUT2D eigenvalue weighted by molar-refractivity contribution is 5.87. The highest BCUT2D eigenvalue weighted by Gasteiger charge is 2.72. The summed E-state index contributed by atoms with van der Waals surface area (Å²) < 4.78 is 16.6. The highest BCUT2D eigenvalue weighted by Crippen LogP contribution is 2.77. The van der Waals surface area contributed by atoms with Crippen LogP contribution in [0.4, 0.5) is 0 Å². The molecule has 10 atom stereocenters. The van der Waals surface area contributed by atoms with E-state index in [0.717, 1.165) is 69.8 Å². The summed E-state index contributed by atoms with van der Waals surface area (Å²) in [5.41, 5.74) is 1.16. The molecule has 5 aliphatic carbocycles. The average molecular weight is 703 g/mol. The molecule has 1 aromatic carbocycles. The second kappa shape index (κ2) is 12.9. The molecule has 0 heterocycles. The fraction of sp³-hybridized carbons (Fsp3) is 0.674. The van der Waals surface area contributed by atoms with Gasteiger partial charge in [-0.25, -0.2) is 4.79 Å². The Hall–Kier alpha value is -3.42. The monoisotopic (exact) mass is 702 g/mol. The molecule has 51 heavy (non-hydrogen) atoms. The summed E-state index contributed by atoms with van der Waals surface area (Å²) in [5, 5.41) is 10.7. The van der Waals surface area contributed by atoms with Crippen LogP contribution in [0.1, 0.15) is 125 Å². The summed E-state index contributed by atoms with van der Waals surface area (Å²) in [7, 11) is 0. The lowest BCUT2D eigenvalue weighted by molar-refractivity contribution is -0.250. The third-order valence-electron chi connectivity index (χ3n) is 15.6. The van der Waals surface area contributed by atoms with Crippen LogP contribution in [0.5, 0.6) is 11.5 Å². The standard InChI is InChI=1S/C43H58O8/c1-25(2)29-16-21-43(38(47)48)23-22-41(8)30(37(29)43)12-14-34-40(7)19-18-35(39(5,6)33(40)17-20-42(34,41)9)51-36(46)15-11-28-10-13-31(49-26(3)44)32(24-28)50-27(4)45/h10-11,13,15,24,29-30,33-35,37H,1,12,14,16-23H2,2-9H3,(H,47,48)/t29-,30+,33-,34+,35-,37+,40-,41+,42+,43-/m0/s1. The number of hydrogen-bond donors (Lipinski definition) is 1. The number of aliphatic carboxylic acids is 1. The van der Waals surface area contributed by atoms with Crippen molar-refractivity contribution in [2.45, 2.75) is 126 Å². The number of carbonyl (C=O) groups excluding carboxylic acids is 3. The van der Waals surface area contributed by atoms with Crippen LogP contribution in [0.25, 0.3) is 6.08 Å². The molecule has 5 saturated carbocycles. The SMILES string of the molecule is C=C(C)[C@@H]1CC[C@]2(C(=O)O)CC[C@]3(C)[C@H](CC[C@@H]4[C@@]5(C)CC[C@H](OC(=O)C=Cc6ccc(OC(C)=O)c(OC(C)=O)c6)C(C)(C)[C@@H]5CC[C@]43C)[C@@H]12. The number of carboxylic acids is 1. The zero-order valence-corrected chi connectivity index (χ0v) is 31.9. The lowest BCUT2D eigenvalue weighted by Gasteiger charge is -2.72. The first-order valence-corrected chi connectivity index (χ1v) is 19.1. The number of hydrogen-bond acceptors (Lipinski definition) is 7. The Bertz CT molecular complexity index is 1660. The van der Waals surface area contributed by atoms with Crippen molar-refractivity contribution in [1.29, 1.82) is 0 Å². The Morgan fingerprint density at radius 1 is 0.784 bits per heavy atom. The maximum absolute atomic E-state index is 13.3. The van der Waals surface area contributed by atoms with E-state index in [1.54, 1.807) is 18.2 Å². The molecule has 6 rings (SSSR count). The van der Waals surface area contributed by atoms with Gasteiger partial charge in [0.1, 0.15) is 6.10 Å². The third kappa shape index (κ3) is 5.87. The summed E-state index contributed by atoms with van der Waals surface area (Å²) in [6.07, 6.45) is 12.4. The quantitative estimate of drug-likeness (QED) is 0.129. The van der Waals surface area contributed by atoms with Crippen LogP contribution in [0.2, 0.25) is 0 Å². The van der Waals surface area contributed by atoms with E-state index in [1.807, 2.05) is 0 Å². The molecular weight excluding hydrogens is 644 g/mol. The summed E-state index contributed by atoms with van der Waals surface area (Å²) >= 11 is 0. The first-order valence-electron chi connectivity index (χ1n) is 19.1. The van der Waals surface area contributed by atoms with Crippen molar-refractivity contribution in [3.05, 3.63) is 42.0 Å². The van der Waals surface area contributed by atoms with Crippen molar-refractivity contribution in [2.75, 3.05) is 0 Å². The topological polar surface area (TPSA) is 116 Å². The molecule has 0 bridgehead atoms. The van der Waals surface area contributed by atoms with Crippen molar-refractivity contribution >= 4 is 30.0 Å². The predicted octanol–water partition coefficient (Wildman–Crippen LogP) is 9.20. The largest absolute Gasteiger partial charge is 0.481 e. The van der Waals surface area contributed by atoms with Gasteiger partial charge in [-0.1, -0.05) is 52.8 Å². The summed E-state index contributed by atoms with van der Waals surface area (Å²) in [4.78, 5) is 49.4. The van der Waals surface area contributed by atoms with Gasteiger partial charge >= 0.3 is 23.9 Å². The van der Waals surface area contributed by atoms with E-state index in [2.05, 4.69) is 48.1 Å². The molecule has 0 amide bonds. The second-order valence-electron chi connectivity index (χ2n) is 18.2. The lowest BCUT2D eigenvalue weighted by atomic mass is 9.32. The number of rotatable bonds is 7. The van der Waals surface area contributed by atoms with E-state index >= 15 is 0 Å². The van der Waals surface area contributed by atoms with Gasteiger partial charge in [-0.15, -0.1) is 0 Å². The van der Waals surface area contributed by atoms with Crippen molar-refractivity contribution in [2.24, 2.45) is 56.7 Å². The first kappa shape index (κ1) is 37.3. The molecule has 0 aliphatic heterocycles. The van der Waals surface area contributed by atoms with Crippen LogP contribution in [0.3, 0.4) is 0 Å². The average Bonchev–Trinajstić information content (AvgIpc) is 3.44. The molecule has 0 aromatic heterocycles. The highest BCUT2D eigenvalue weighted by atomic mass is 16.6. The molecule has 0 spiro atoms. The maximum Gasteiger partial charge on any atom is 0.331 e. The van der Waals surface area contributed by atoms with Gasteiger partial charge in [0.2, 0.25) is 0 Å². The number of carboxylic acid groups (broad SMARTS) is 1. The van der Waals surface area contributed by atoms with Crippen LogP contribution < -0.4 is 9.47 Å². The van der Waals surface area contributed by atoms with E-state index in [0.29, 0.717) is 23.3 Å². The van der Waals surface area contributed by atoms with E-state index in [1.165, 1.54) is 26.0 Å². The number of carbonyl (C=O) groups is 4. The predicted molar refractivity (Wildman–Crippen MR) is 195 cm³/mol. The van der Waals surface area contributed by atoms with Crippen LogP contribution >= 0.6 is 0 Å². The third-order valence-corrected chi connectivity index (χ3v) is 15.6. The van der Waals surface area contributed by atoms with E-state index in [-0.39, 0.29) is 51.1 Å². The molecule has 1 N–H and O–H groups in total. The molecule has 278 valence electrons. The zero-order chi connectivity index (χ0) is 37.3. The minimum atomic E-state index is -0.617. The molecule has 8 nitrogen and oxygen atoms in total. The Kier molecular flexibility index (Phi) is 9.45. The molecule has 0 saturated heterocycles. The number of allylic oxidation sites excluding steroid dienone is 1. The van der Waals surface area contributed by atoms with E-state index < -0.39 is 29.3 Å². The summed E-state index contributed by atoms with van der Waals surface area (Å²) in [6.45, 7) is 21.2. The van der Waals surface area contributed by atoms with Crippen molar-refractivity contribution in [3.63, 3.8) is 0 Å². The normalized spacial score (nSPS) is 39.5. The van der Waals surface area contributed by atoms with Gasteiger partial charge < -0.3 is 19.3 Å². The number of ether oxygens (including phenoxy) is 3. The van der Waals surface area contributed by atoms with Crippen LogP contribution in [0.15, 0.2) is 36.4 Å². The molecule has 0 radical (unpaired) electrons.